The van der Waals surface area contributed by atoms with Gasteiger partial charge < -0.3 is 10.2 Å². The lowest BCUT2D eigenvalue weighted by molar-refractivity contribution is -0.127. The van der Waals surface area contributed by atoms with Crippen molar-refractivity contribution in [3.63, 3.8) is 0 Å². The maximum Gasteiger partial charge on any atom is 0.222 e. The number of likely N-dealkylation sites (tertiary alicyclic amines) is 1. The van der Waals surface area contributed by atoms with Crippen molar-refractivity contribution in [1.82, 2.24) is 25.2 Å². The van der Waals surface area contributed by atoms with Crippen molar-refractivity contribution < 1.29 is 4.79 Å². The van der Waals surface area contributed by atoms with Crippen molar-refractivity contribution >= 4 is 5.91 Å². The number of carbonyl (C=O) groups is 1. The number of rotatable bonds is 5. The Bertz CT molecular complexity index is 389. The van der Waals surface area contributed by atoms with Gasteiger partial charge in [-0.1, -0.05) is 5.21 Å². The van der Waals surface area contributed by atoms with Crippen molar-refractivity contribution in [2.24, 2.45) is 7.05 Å². The maximum absolute atomic E-state index is 11.5. The van der Waals surface area contributed by atoms with Gasteiger partial charge in [0.2, 0.25) is 5.91 Å². The third-order valence-electron chi connectivity index (χ3n) is 2.95. The molecular formula is C11H19N5O. The highest BCUT2D eigenvalue weighted by Crippen LogP contribution is 2.09. The molecule has 0 aromatic carbocycles. The molecule has 6 heteroatoms. The monoisotopic (exact) mass is 237 g/mol. The van der Waals surface area contributed by atoms with Gasteiger partial charge in [-0.15, -0.1) is 5.10 Å². The number of aromatic nitrogens is 3. The Balaban J connectivity index is 1.73. The summed E-state index contributed by atoms with van der Waals surface area (Å²) in [5, 5.41) is 11.2. The maximum atomic E-state index is 11.5. The van der Waals surface area contributed by atoms with Gasteiger partial charge in [-0.3, -0.25) is 9.48 Å². The van der Waals surface area contributed by atoms with Crippen LogP contribution in [0.15, 0.2) is 6.20 Å². The van der Waals surface area contributed by atoms with E-state index in [0.717, 1.165) is 25.2 Å². The highest BCUT2D eigenvalue weighted by Gasteiger charge is 2.21. The molecule has 0 bridgehead atoms. The predicted octanol–water partition coefficient (Wildman–Crippen LogP) is -0.0844. The molecule has 1 atom stereocenters. The van der Waals surface area contributed by atoms with Crippen molar-refractivity contribution in [1.29, 1.82) is 0 Å². The largest absolute Gasteiger partial charge is 0.341 e. The molecule has 0 radical (unpaired) electrons. The fraction of sp³-hybridized carbons (Fsp3) is 0.727. The molecule has 1 saturated heterocycles. The molecule has 6 nitrogen and oxygen atoms in total. The fourth-order valence-electron chi connectivity index (χ4n) is 2.05. The van der Waals surface area contributed by atoms with Gasteiger partial charge in [0.25, 0.3) is 0 Å². The second-order valence-corrected chi connectivity index (χ2v) is 4.61. The van der Waals surface area contributed by atoms with Crippen LogP contribution in [-0.4, -0.2) is 44.9 Å². The summed E-state index contributed by atoms with van der Waals surface area (Å²) in [7, 11) is 1.85. The molecule has 1 aliphatic rings. The van der Waals surface area contributed by atoms with Crippen molar-refractivity contribution in [2.75, 3.05) is 13.1 Å². The molecule has 1 fully saturated rings. The zero-order valence-corrected chi connectivity index (χ0v) is 10.4. The Kier molecular flexibility index (Phi) is 3.73. The molecule has 0 spiro atoms. The Morgan fingerprint density at radius 1 is 1.59 bits per heavy atom. The van der Waals surface area contributed by atoms with Crippen molar-refractivity contribution in [3.8, 4) is 0 Å². The zero-order valence-electron chi connectivity index (χ0n) is 10.4. The predicted molar refractivity (Wildman–Crippen MR) is 63.1 cm³/mol. The van der Waals surface area contributed by atoms with Crippen LogP contribution >= 0.6 is 0 Å². The van der Waals surface area contributed by atoms with E-state index < -0.39 is 0 Å². The standard InChI is InChI=1S/C11H19N5O/c1-9(7-16-5-3-4-11(16)17)12-6-10-8-15(2)14-13-10/h8-9,12H,3-7H2,1-2H3. The summed E-state index contributed by atoms with van der Waals surface area (Å²) in [5.74, 6) is 0.276. The normalized spacial score (nSPS) is 17.8. The van der Waals surface area contributed by atoms with E-state index in [-0.39, 0.29) is 11.9 Å². The Labute approximate surface area is 101 Å². The summed E-state index contributed by atoms with van der Waals surface area (Å²) >= 11 is 0. The van der Waals surface area contributed by atoms with Gasteiger partial charge in [0.15, 0.2) is 0 Å². The molecule has 1 unspecified atom stereocenters. The summed E-state index contributed by atoms with van der Waals surface area (Å²) < 4.78 is 1.69. The Morgan fingerprint density at radius 2 is 2.41 bits per heavy atom. The minimum absolute atomic E-state index is 0.276. The molecule has 1 aliphatic heterocycles. The second-order valence-electron chi connectivity index (χ2n) is 4.61. The number of aryl methyl sites for hydroxylation is 1. The molecular weight excluding hydrogens is 218 g/mol. The van der Waals surface area contributed by atoms with Crippen LogP contribution in [0.4, 0.5) is 0 Å². The lowest BCUT2D eigenvalue weighted by Gasteiger charge is -2.21. The number of hydrogen-bond donors (Lipinski definition) is 1. The van der Waals surface area contributed by atoms with E-state index in [1.807, 2.05) is 18.1 Å². The third kappa shape index (κ3) is 3.26. The average molecular weight is 237 g/mol. The van der Waals surface area contributed by atoms with Crippen molar-refractivity contribution in [3.05, 3.63) is 11.9 Å². The minimum Gasteiger partial charge on any atom is -0.341 e. The van der Waals surface area contributed by atoms with Gasteiger partial charge in [-0.25, -0.2) is 0 Å². The smallest absolute Gasteiger partial charge is 0.222 e. The van der Waals surface area contributed by atoms with E-state index in [1.165, 1.54) is 0 Å². The van der Waals surface area contributed by atoms with E-state index in [0.29, 0.717) is 13.0 Å². The lowest BCUT2D eigenvalue weighted by atomic mass is 10.3. The number of amides is 1. The molecule has 0 aliphatic carbocycles. The van der Waals surface area contributed by atoms with Gasteiger partial charge in [-0.05, 0) is 13.3 Å². The van der Waals surface area contributed by atoms with Gasteiger partial charge in [0.1, 0.15) is 0 Å². The molecule has 17 heavy (non-hydrogen) atoms. The van der Waals surface area contributed by atoms with Gasteiger partial charge in [-0.2, -0.15) is 0 Å². The number of nitrogens with one attached hydrogen (secondary N) is 1. The second kappa shape index (κ2) is 5.27. The summed E-state index contributed by atoms with van der Waals surface area (Å²) in [5.41, 5.74) is 0.923. The Hall–Kier alpha value is -1.43. The van der Waals surface area contributed by atoms with Crippen LogP contribution in [0.3, 0.4) is 0 Å². The SMILES string of the molecule is CC(CN1CCCC1=O)NCc1cn(C)nn1. The molecule has 94 valence electrons. The first-order chi connectivity index (χ1) is 8.15. The van der Waals surface area contributed by atoms with E-state index >= 15 is 0 Å². The molecule has 2 rings (SSSR count). The van der Waals surface area contributed by atoms with Gasteiger partial charge in [0.05, 0.1) is 5.69 Å². The summed E-state index contributed by atoms with van der Waals surface area (Å²) in [6.45, 7) is 4.45. The molecule has 1 aromatic rings. The number of carbonyl (C=O) groups excluding carboxylic acids is 1. The quantitative estimate of drug-likeness (QED) is 0.778. The zero-order chi connectivity index (χ0) is 12.3. The molecule has 0 saturated carbocycles. The van der Waals surface area contributed by atoms with Gasteiger partial charge in [0, 0.05) is 45.3 Å². The number of hydrogen-bond acceptors (Lipinski definition) is 4. The third-order valence-corrected chi connectivity index (χ3v) is 2.95. The van der Waals surface area contributed by atoms with Crippen LogP contribution in [0.5, 0.6) is 0 Å². The Morgan fingerprint density at radius 3 is 3.00 bits per heavy atom. The van der Waals surface area contributed by atoms with E-state index in [2.05, 4.69) is 22.6 Å². The van der Waals surface area contributed by atoms with Crippen LogP contribution < -0.4 is 5.32 Å². The first-order valence-electron chi connectivity index (χ1n) is 6.01. The highest BCUT2D eigenvalue weighted by atomic mass is 16.2. The highest BCUT2D eigenvalue weighted by molar-refractivity contribution is 5.78. The minimum atomic E-state index is 0.276. The average Bonchev–Trinajstić information content (AvgIpc) is 2.86. The molecule has 1 aromatic heterocycles. The summed E-state index contributed by atoms with van der Waals surface area (Å²) in [6.07, 6.45) is 3.59. The van der Waals surface area contributed by atoms with Crippen molar-refractivity contribution in [2.45, 2.75) is 32.4 Å². The lowest BCUT2D eigenvalue weighted by Crippen LogP contribution is -2.39. The van der Waals surface area contributed by atoms with Crippen LogP contribution in [0.2, 0.25) is 0 Å². The van der Waals surface area contributed by atoms with E-state index in [4.69, 9.17) is 0 Å². The molecule has 1 amide bonds. The van der Waals surface area contributed by atoms with Crippen LogP contribution in [0.1, 0.15) is 25.5 Å². The molecule has 2 heterocycles. The van der Waals surface area contributed by atoms with Crippen LogP contribution in [0, 0.1) is 0 Å². The van der Waals surface area contributed by atoms with Gasteiger partial charge >= 0.3 is 0 Å². The summed E-state index contributed by atoms with van der Waals surface area (Å²) in [6, 6.07) is 0.277. The van der Waals surface area contributed by atoms with Crippen LogP contribution in [-0.2, 0) is 18.4 Å². The molecule has 1 N–H and O–H groups in total. The first-order valence-corrected chi connectivity index (χ1v) is 6.01. The summed E-state index contributed by atoms with van der Waals surface area (Å²) in [4.78, 5) is 13.4. The number of nitrogens with zero attached hydrogens (tertiary/aromatic N) is 4. The first kappa shape index (κ1) is 12.0. The van der Waals surface area contributed by atoms with Crippen LogP contribution in [0.25, 0.3) is 0 Å². The van der Waals surface area contributed by atoms with E-state index in [9.17, 15) is 4.79 Å². The fourth-order valence-corrected chi connectivity index (χ4v) is 2.05. The van der Waals surface area contributed by atoms with E-state index in [1.54, 1.807) is 4.68 Å². The topological polar surface area (TPSA) is 63.1 Å².